The highest BCUT2D eigenvalue weighted by atomic mass is 16.4. The summed E-state index contributed by atoms with van der Waals surface area (Å²) in [6.45, 7) is 0. The molecule has 20 heavy (non-hydrogen) atoms. The number of nitrogens with one attached hydrogen (secondary N) is 1. The lowest BCUT2D eigenvalue weighted by Gasteiger charge is -2.10. The first kappa shape index (κ1) is 13.2. The molecule has 0 spiro atoms. The molecule has 2 rings (SSSR count). The van der Waals surface area contributed by atoms with E-state index in [4.69, 9.17) is 10.4 Å². The quantitative estimate of drug-likeness (QED) is 0.849. The maximum atomic E-state index is 11.4. The Morgan fingerprint density at radius 3 is 2.65 bits per heavy atom. The summed E-state index contributed by atoms with van der Waals surface area (Å²) in [6, 6.07) is 6.09. The number of aromatic carboxylic acids is 1. The first-order chi connectivity index (χ1) is 9.61. The molecule has 0 bridgehead atoms. The van der Waals surface area contributed by atoms with Gasteiger partial charge in [0.1, 0.15) is 19.1 Å². The van der Waals surface area contributed by atoms with Crippen LogP contribution in [-0.4, -0.2) is 31.7 Å². The molecule has 0 saturated heterocycles. The van der Waals surface area contributed by atoms with Crippen LogP contribution in [-0.2, 0) is 4.79 Å². The van der Waals surface area contributed by atoms with Gasteiger partial charge in [-0.25, -0.2) is 4.79 Å². The van der Waals surface area contributed by atoms with E-state index in [0.29, 0.717) is 5.69 Å². The van der Waals surface area contributed by atoms with E-state index >= 15 is 0 Å². The summed E-state index contributed by atoms with van der Waals surface area (Å²) in [7, 11) is 0. The van der Waals surface area contributed by atoms with Crippen LogP contribution in [0.2, 0.25) is 0 Å². The van der Waals surface area contributed by atoms with Gasteiger partial charge in [-0.3, -0.25) is 9.36 Å². The van der Waals surface area contributed by atoms with Gasteiger partial charge < -0.3 is 10.4 Å². The molecule has 0 saturated carbocycles. The first-order valence-corrected chi connectivity index (χ1v) is 5.51. The fourth-order valence-electron chi connectivity index (χ4n) is 1.58. The molecule has 1 aromatic heterocycles. The number of carbonyl (C=O) groups excluding carboxylic acids is 1. The lowest BCUT2D eigenvalue weighted by molar-refractivity contribution is -0.115. The van der Waals surface area contributed by atoms with Crippen molar-refractivity contribution in [2.24, 2.45) is 0 Å². The fourth-order valence-corrected chi connectivity index (χ4v) is 1.58. The van der Waals surface area contributed by atoms with E-state index in [0.717, 1.165) is 0 Å². The molecule has 2 N–H and O–H groups in total. The highest BCUT2D eigenvalue weighted by molar-refractivity contribution is 6.01. The lowest BCUT2D eigenvalue weighted by Crippen LogP contribution is -2.14. The molecule has 0 aliphatic carbocycles. The van der Waals surface area contributed by atoms with Crippen LogP contribution in [0.5, 0.6) is 0 Å². The van der Waals surface area contributed by atoms with E-state index in [9.17, 15) is 9.59 Å². The summed E-state index contributed by atoms with van der Waals surface area (Å²) < 4.78 is 1.56. The third-order valence-electron chi connectivity index (χ3n) is 2.46. The molecule has 8 nitrogen and oxygen atoms in total. The Labute approximate surface area is 113 Å². The van der Waals surface area contributed by atoms with Gasteiger partial charge in [0.15, 0.2) is 0 Å². The largest absolute Gasteiger partial charge is 0.478 e. The highest BCUT2D eigenvalue weighted by Crippen LogP contribution is 2.20. The molecule has 0 unspecified atom stereocenters. The van der Waals surface area contributed by atoms with Gasteiger partial charge in [0, 0.05) is 0 Å². The Bertz CT molecular complexity index is 688. The predicted octanol–water partition coefficient (Wildman–Crippen LogP) is 0.818. The van der Waals surface area contributed by atoms with Crippen LogP contribution in [0.3, 0.4) is 0 Å². The molecule has 1 amide bonds. The monoisotopic (exact) mass is 271 g/mol. The molecule has 0 aliphatic rings. The molecule has 0 atom stereocenters. The average molecular weight is 271 g/mol. The number of rotatable bonds is 4. The number of carboxylic acid groups (broad SMARTS) is 1. The summed E-state index contributed by atoms with van der Waals surface area (Å²) in [5.41, 5.74) is 0.643. The van der Waals surface area contributed by atoms with Crippen molar-refractivity contribution in [1.82, 2.24) is 14.8 Å². The minimum Gasteiger partial charge on any atom is -0.478 e. The minimum atomic E-state index is -1.17. The topological polar surface area (TPSA) is 121 Å². The van der Waals surface area contributed by atoms with E-state index in [1.54, 1.807) is 16.7 Å². The van der Waals surface area contributed by atoms with E-state index in [1.807, 2.05) is 0 Å². The zero-order valence-electron chi connectivity index (χ0n) is 10.1. The molecule has 0 aliphatic heterocycles. The number of amides is 1. The Kier molecular flexibility index (Phi) is 3.72. The van der Waals surface area contributed by atoms with Gasteiger partial charge in [0.05, 0.1) is 23.0 Å². The zero-order valence-corrected chi connectivity index (χ0v) is 10.1. The number of aromatic nitrogens is 3. The van der Waals surface area contributed by atoms with Crippen LogP contribution in [0.15, 0.2) is 30.9 Å². The van der Waals surface area contributed by atoms with Crippen LogP contribution >= 0.6 is 0 Å². The van der Waals surface area contributed by atoms with Gasteiger partial charge in [-0.2, -0.15) is 5.26 Å². The summed E-state index contributed by atoms with van der Waals surface area (Å²) in [4.78, 5) is 22.5. The van der Waals surface area contributed by atoms with Crippen molar-refractivity contribution < 1.29 is 14.7 Å². The standard InChI is InChI=1S/C12H9N5O3/c13-4-3-11(18)16-10-5-8(17-6-14-15-7-17)1-2-9(10)12(19)20/h1-2,5-7H,3H2,(H,16,18)(H,19,20). The number of anilines is 1. The molecule has 100 valence electrons. The van der Waals surface area contributed by atoms with Crippen molar-refractivity contribution >= 4 is 17.6 Å². The van der Waals surface area contributed by atoms with Crippen molar-refractivity contribution in [1.29, 1.82) is 5.26 Å². The molecule has 0 fully saturated rings. The number of carboxylic acids is 1. The van der Waals surface area contributed by atoms with Gasteiger partial charge in [-0.1, -0.05) is 0 Å². The molecule has 0 radical (unpaired) electrons. The second kappa shape index (κ2) is 5.62. The number of carbonyl (C=O) groups is 2. The normalized spacial score (nSPS) is 9.75. The predicted molar refractivity (Wildman–Crippen MR) is 67.2 cm³/mol. The van der Waals surface area contributed by atoms with E-state index in [2.05, 4.69) is 15.5 Å². The highest BCUT2D eigenvalue weighted by Gasteiger charge is 2.13. The maximum absolute atomic E-state index is 11.4. The van der Waals surface area contributed by atoms with Crippen molar-refractivity contribution in [3.05, 3.63) is 36.4 Å². The van der Waals surface area contributed by atoms with E-state index in [-0.39, 0.29) is 17.7 Å². The average Bonchev–Trinajstić information content (AvgIpc) is 2.92. The molecule has 1 heterocycles. The number of nitrogens with zero attached hydrogens (tertiary/aromatic N) is 4. The summed E-state index contributed by atoms with van der Waals surface area (Å²) >= 11 is 0. The second-order valence-electron chi connectivity index (χ2n) is 3.79. The number of hydrogen-bond acceptors (Lipinski definition) is 5. The summed E-state index contributed by atoms with van der Waals surface area (Å²) in [5, 5.41) is 27.2. The van der Waals surface area contributed by atoms with Crippen molar-refractivity contribution in [3.63, 3.8) is 0 Å². The van der Waals surface area contributed by atoms with Gasteiger partial charge >= 0.3 is 5.97 Å². The van der Waals surface area contributed by atoms with Crippen LogP contribution in [0.4, 0.5) is 5.69 Å². The smallest absolute Gasteiger partial charge is 0.337 e. The van der Waals surface area contributed by atoms with Gasteiger partial charge in [-0.05, 0) is 18.2 Å². The van der Waals surface area contributed by atoms with Crippen LogP contribution in [0, 0.1) is 11.3 Å². The van der Waals surface area contributed by atoms with E-state index in [1.165, 1.54) is 24.8 Å². The third-order valence-corrected chi connectivity index (χ3v) is 2.46. The lowest BCUT2D eigenvalue weighted by atomic mass is 10.1. The SMILES string of the molecule is N#CCC(=O)Nc1cc(-n2cnnc2)ccc1C(=O)O. The molecule has 1 aromatic carbocycles. The molecule has 8 heteroatoms. The van der Waals surface area contributed by atoms with Crippen molar-refractivity contribution in [2.45, 2.75) is 6.42 Å². The third kappa shape index (κ3) is 2.78. The maximum Gasteiger partial charge on any atom is 0.337 e. The number of nitriles is 1. The molecular weight excluding hydrogens is 262 g/mol. The second-order valence-corrected chi connectivity index (χ2v) is 3.79. The van der Waals surface area contributed by atoms with Gasteiger partial charge in [0.2, 0.25) is 5.91 Å². The zero-order chi connectivity index (χ0) is 14.5. The Morgan fingerprint density at radius 1 is 1.35 bits per heavy atom. The van der Waals surface area contributed by atoms with Crippen LogP contribution < -0.4 is 5.32 Å². The number of hydrogen-bond donors (Lipinski definition) is 2. The Hall–Kier alpha value is -3.21. The van der Waals surface area contributed by atoms with E-state index < -0.39 is 11.9 Å². The molecular formula is C12H9N5O3. The van der Waals surface area contributed by atoms with Crippen molar-refractivity contribution in [2.75, 3.05) is 5.32 Å². The van der Waals surface area contributed by atoms with Gasteiger partial charge in [-0.15, -0.1) is 10.2 Å². The number of benzene rings is 1. The van der Waals surface area contributed by atoms with Crippen molar-refractivity contribution in [3.8, 4) is 11.8 Å². The fraction of sp³-hybridized carbons (Fsp3) is 0.0833. The Morgan fingerprint density at radius 2 is 2.05 bits per heavy atom. The summed E-state index contributed by atoms with van der Waals surface area (Å²) in [6.07, 6.45) is 2.53. The minimum absolute atomic E-state index is 0.0619. The Balaban J connectivity index is 2.40. The van der Waals surface area contributed by atoms with Crippen LogP contribution in [0.25, 0.3) is 5.69 Å². The first-order valence-electron chi connectivity index (χ1n) is 5.51. The molecule has 2 aromatic rings. The van der Waals surface area contributed by atoms with Crippen LogP contribution in [0.1, 0.15) is 16.8 Å². The summed E-state index contributed by atoms with van der Waals surface area (Å²) in [5.74, 6) is -1.75. The van der Waals surface area contributed by atoms with Gasteiger partial charge in [0.25, 0.3) is 0 Å².